The van der Waals surface area contributed by atoms with Crippen LogP contribution in [0.5, 0.6) is 5.75 Å². The number of halogens is 1. The third-order valence-electron chi connectivity index (χ3n) is 3.61. The molecule has 0 amide bonds. The molecule has 2 aromatic carbocycles. The van der Waals surface area contributed by atoms with Crippen molar-refractivity contribution in [2.24, 2.45) is 0 Å². The van der Waals surface area contributed by atoms with Crippen LogP contribution in [0.2, 0.25) is 0 Å². The van der Waals surface area contributed by atoms with E-state index in [-0.39, 0.29) is 0 Å². The third kappa shape index (κ3) is 3.34. The van der Waals surface area contributed by atoms with Gasteiger partial charge in [0.25, 0.3) is 0 Å². The van der Waals surface area contributed by atoms with E-state index in [0.29, 0.717) is 6.61 Å². The van der Waals surface area contributed by atoms with Gasteiger partial charge in [0.1, 0.15) is 12.4 Å². The van der Waals surface area contributed by atoms with E-state index in [0.717, 1.165) is 16.8 Å². The van der Waals surface area contributed by atoms with E-state index < -0.39 is 0 Å². The average Bonchev–Trinajstić information content (AvgIpc) is 2.93. The maximum Gasteiger partial charge on any atom is 0.119 e. The molecule has 2 aromatic rings. The predicted molar refractivity (Wildman–Crippen MR) is 86.6 cm³/mol. The van der Waals surface area contributed by atoms with Gasteiger partial charge in [0.2, 0.25) is 0 Å². The number of fused-ring (bicyclic) bond motifs is 1. The molecule has 3 rings (SSSR count). The summed E-state index contributed by atoms with van der Waals surface area (Å²) in [4.78, 5) is 0. The maximum atomic E-state index is 5.69. The van der Waals surface area contributed by atoms with Gasteiger partial charge in [0, 0.05) is 16.7 Å². The Morgan fingerprint density at radius 2 is 1.80 bits per heavy atom. The first kappa shape index (κ1) is 13.5. The van der Waals surface area contributed by atoms with Crippen molar-refractivity contribution in [2.75, 3.05) is 18.5 Å². The van der Waals surface area contributed by atoms with E-state index in [2.05, 4.69) is 39.4 Å². The molecule has 0 saturated heterocycles. The summed E-state index contributed by atoms with van der Waals surface area (Å²) in [5.41, 5.74) is 4.22. The van der Waals surface area contributed by atoms with Crippen LogP contribution in [0.4, 0.5) is 5.69 Å². The Balaban J connectivity index is 1.47. The molecule has 0 heterocycles. The molecule has 0 radical (unpaired) electrons. The number of rotatable bonds is 5. The van der Waals surface area contributed by atoms with E-state index in [9.17, 15) is 0 Å². The van der Waals surface area contributed by atoms with Crippen LogP contribution in [0.25, 0.3) is 0 Å². The topological polar surface area (TPSA) is 21.3 Å². The van der Waals surface area contributed by atoms with Gasteiger partial charge in [0.05, 0.1) is 0 Å². The number of hydrogen-bond donors (Lipinski definition) is 1. The average molecular weight is 332 g/mol. The first-order valence-electron chi connectivity index (χ1n) is 7.05. The normalized spacial score (nSPS) is 13.1. The number of benzene rings is 2. The Bertz CT molecular complexity index is 580. The largest absolute Gasteiger partial charge is 0.492 e. The van der Waals surface area contributed by atoms with Crippen LogP contribution in [-0.4, -0.2) is 13.2 Å². The molecule has 0 fully saturated rings. The van der Waals surface area contributed by atoms with Gasteiger partial charge in [-0.3, -0.25) is 0 Å². The van der Waals surface area contributed by atoms with Gasteiger partial charge in [-0.05, 0) is 66.8 Å². The highest BCUT2D eigenvalue weighted by molar-refractivity contribution is 9.10. The maximum absolute atomic E-state index is 5.69. The highest BCUT2D eigenvalue weighted by Gasteiger charge is 2.10. The van der Waals surface area contributed by atoms with Gasteiger partial charge >= 0.3 is 0 Å². The second-order valence-electron chi connectivity index (χ2n) is 5.07. The lowest BCUT2D eigenvalue weighted by Gasteiger charge is -2.10. The molecule has 2 nitrogen and oxygen atoms in total. The quantitative estimate of drug-likeness (QED) is 0.818. The zero-order chi connectivity index (χ0) is 13.8. The first-order chi connectivity index (χ1) is 9.81. The lowest BCUT2D eigenvalue weighted by atomic mass is 10.1. The summed E-state index contributed by atoms with van der Waals surface area (Å²) in [5, 5.41) is 3.42. The minimum atomic E-state index is 0.665. The molecule has 1 aliphatic carbocycles. The molecule has 0 aromatic heterocycles. The molecule has 0 bridgehead atoms. The second kappa shape index (κ2) is 6.31. The zero-order valence-electron chi connectivity index (χ0n) is 11.4. The van der Waals surface area contributed by atoms with Crippen molar-refractivity contribution in [3.8, 4) is 5.75 Å². The number of ether oxygens (including phenoxy) is 1. The molecule has 0 aliphatic heterocycles. The van der Waals surface area contributed by atoms with E-state index in [1.165, 1.54) is 36.1 Å². The first-order valence-corrected chi connectivity index (χ1v) is 7.84. The predicted octanol–water partition coefficient (Wildman–Crippen LogP) is 4.43. The van der Waals surface area contributed by atoms with Crippen molar-refractivity contribution in [3.05, 3.63) is 58.1 Å². The van der Waals surface area contributed by atoms with Crippen LogP contribution in [0.1, 0.15) is 17.5 Å². The summed E-state index contributed by atoms with van der Waals surface area (Å²) in [5.74, 6) is 0.906. The molecular formula is C17H18BrNO. The van der Waals surface area contributed by atoms with E-state index in [4.69, 9.17) is 4.74 Å². The molecule has 0 spiro atoms. The lowest BCUT2D eigenvalue weighted by molar-refractivity contribution is 0.333. The van der Waals surface area contributed by atoms with Crippen molar-refractivity contribution >= 4 is 21.6 Å². The summed E-state index contributed by atoms with van der Waals surface area (Å²) in [6, 6.07) is 14.6. The number of hydrogen-bond acceptors (Lipinski definition) is 2. The van der Waals surface area contributed by atoms with Crippen LogP contribution in [0, 0.1) is 0 Å². The van der Waals surface area contributed by atoms with Crippen LogP contribution >= 0.6 is 15.9 Å². The Hall–Kier alpha value is -1.48. The second-order valence-corrected chi connectivity index (χ2v) is 5.98. The Labute approximate surface area is 128 Å². The van der Waals surface area contributed by atoms with E-state index in [1.807, 2.05) is 24.3 Å². The monoisotopic (exact) mass is 331 g/mol. The number of nitrogens with one attached hydrogen (secondary N) is 1. The van der Waals surface area contributed by atoms with Crippen molar-refractivity contribution in [1.82, 2.24) is 0 Å². The molecule has 0 unspecified atom stereocenters. The summed E-state index contributed by atoms with van der Waals surface area (Å²) in [6.45, 7) is 1.48. The van der Waals surface area contributed by atoms with Crippen LogP contribution in [0.3, 0.4) is 0 Å². The van der Waals surface area contributed by atoms with Gasteiger partial charge in [-0.25, -0.2) is 0 Å². The summed E-state index contributed by atoms with van der Waals surface area (Å²) in [6.07, 6.45) is 3.76. The molecule has 104 valence electrons. The minimum absolute atomic E-state index is 0.665. The summed E-state index contributed by atoms with van der Waals surface area (Å²) >= 11 is 3.41. The molecule has 1 aliphatic rings. The highest BCUT2D eigenvalue weighted by Crippen LogP contribution is 2.24. The minimum Gasteiger partial charge on any atom is -0.492 e. The van der Waals surface area contributed by atoms with Crippen molar-refractivity contribution < 1.29 is 4.74 Å². The standard InChI is InChI=1S/C17H18BrNO/c18-15-5-8-17(9-6-15)20-11-10-19-16-7-4-13-2-1-3-14(13)12-16/h4-9,12,19H,1-3,10-11H2. The molecule has 0 atom stereocenters. The Morgan fingerprint density at radius 3 is 2.65 bits per heavy atom. The fourth-order valence-electron chi connectivity index (χ4n) is 2.58. The number of anilines is 1. The lowest BCUT2D eigenvalue weighted by Crippen LogP contribution is -2.11. The fourth-order valence-corrected chi connectivity index (χ4v) is 2.84. The number of aryl methyl sites for hydroxylation is 2. The van der Waals surface area contributed by atoms with Crippen LogP contribution in [-0.2, 0) is 12.8 Å². The van der Waals surface area contributed by atoms with E-state index >= 15 is 0 Å². The van der Waals surface area contributed by atoms with Gasteiger partial charge in [-0.15, -0.1) is 0 Å². The third-order valence-corrected chi connectivity index (χ3v) is 4.14. The molecular weight excluding hydrogens is 314 g/mol. The van der Waals surface area contributed by atoms with Gasteiger partial charge in [-0.2, -0.15) is 0 Å². The van der Waals surface area contributed by atoms with E-state index in [1.54, 1.807) is 0 Å². The molecule has 3 heteroatoms. The Kier molecular flexibility index (Phi) is 4.26. The SMILES string of the molecule is Brc1ccc(OCCNc2ccc3c(c2)CCC3)cc1. The van der Waals surface area contributed by atoms with Crippen LogP contribution in [0.15, 0.2) is 46.9 Å². The van der Waals surface area contributed by atoms with Crippen molar-refractivity contribution in [3.63, 3.8) is 0 Å². The van der Waals surface area contributed by atoms with Gasteiger partial charge in [0.15, 0.2) is 0 Å². The molecule has 0 saturated carbocycles. The van der Waals surface area contributed by atoms with Gasteiger partial charge in [-0.1, -0.05) is 22.0 Å². The van der Waals surface area contributed by atoms with Crippen molar-refractivity contribution in [1.29, 1.82) is 0 Å². The highest BCUT2D eigenvalue weighted by atomic mass is 79.9. The Morgan fingerprint density at radius 1 is 1.00 bits per heavy atom. The van der Waals surface area contributed by atoms with Crippen molar-refractivity contribution in [2.45, 2.75) is 19.3 Å². The molecule has 20 heavy (non-hydrogen) atoms. The smallest absolute Gasteiger partial charge is 0.119 e. The van der Waals surface area contributed by atoms with Gasteiger partial charge < -0.3 is 10.1 Å². The van der Waals surface area contributed by atoms with Crippen LogP contribution < -0.4 is 10.1 Å². The summed E-state index contributed by atoms with van der Waals surface area (Å²) < 4.78 is 6.76. The zero-order valence-corrected chi connectivity index (χ0v) is 12.9. The summed E-state index contributed by atoms with van der Waals surface area (Å²) in [7, 11) is 0. The molecule has 1 N–H and O–H groups in total. The fraction of sp³-hybridized carbons (Fsp3) is 0.294.